The van der Waals surface area contributed by atoms with Crippen molar-refractivity contribution in [3.8, 4) is 0 Å². The minimum absolute atomic E-state index is 0.242. The fraction of sp³-hybridized carbons (Fsp3) is 0.615. The Hall–Kier alpha value is -0.290. The maximum absolute atomic E-state index is 10.6. The number of halogens is 2. The Morgan fingerprint density at radius 1 is 1.63 bits per heavy atom. The number of carbonyl (C=O) groups is 1. The molecule has 2 atom stereocenters. The molecule has 0 aromatic carbocycles. The van der Waals surface area contributed by atoms with Gasteiger partial charge in [0.15, 0.2) is 0 Å². The van der Waals surface area contributed by atoms with E-state index in [1.165, 1.54) is 11.3 Å². The molecule has 1 aromatic heterocycles. The second kappa shape index (κ2) is 6.44. The van der Waals surface area contributed by atoms with Gasteiger partial charge in [-0.25, -0.2) is 0 Å². The van der Waals surface area contributed by atoms with Crippen molar-refractivity contribution in [2.75, 3.05) is 13.1 Å². The summed E-state index contributed by atoms with van der Waals surface area (Å²) in [5.41, 5.74) is 1.08. The SMILES string of the molecule is CC(c1cc(Cl)sc1Cl)N1CCC(CCC(=O)O)C1. The Morgan fingerprint density at radius 3 is 2.95 bits per heavy atom. The van der Waals surface area contributed by atoms with E-state index in [4.69, 9.17) is 28.3 Å². The lowest BCUT2D eigenvalue weighted by Gasteiger charge is -2.24. The maximum Gasteiger partial charge on any atom is 0.303 e. The number of carboxylic acids is 1. The van der Waals surface area contributed by atoms with Crippen molar-refractivity contribution in [1.82, 2.24) is 4.90 Å². The molecule has 3 nitrogen and oxygen atoms in total. The summed E-state index contributed by atoms with van der Waals surface area (Å²) >= 11 is 13.6. The van der Waals surface area contributed by atoms with Crippen LogP contribution in [0.15, 0.2) is 6.07 Å². The van der Waals surface area contributed by atoms with Gasteiger partial charge in [0.2, 0.25) is 0 Å². The topological polar surface area (TPSA) is 40.5 Å². The summed E-state index contributed by atoms with van der Waals surface area (Å²) in [5, 5.41) is 8.72. The van der Waals surface area contributed by atoms with Crippen LogP contribution in [0.2, 0.25) is 8.67 Å². The number of aliphatic carboxylic acids is 1. The van der Waals surface area contributed by atoms with Gasteiger partial charge in [0.1, 0.15) is 0 Å². The molecule has 1 N–H and O–H groups in total. The lowest BCUT2D eigenvalue weighted by atomic mass is 10.0. The number of rotatable bonds is 5. The van der Waals surface area contributed by atoms with E-state index in [-0.39, 0.29) is 12.5 Å². The Balaban J connectivity index is 1.93. The summed E-state index contributed by atoms with van der Waals surface area (Å²) in [6.07, 6.45) is 2.09. The summed E-state index contributed by atoms with van der Waals surface area (Å²) in [6.45, 7) is 4.07. The molecule has 0 amide bonds. The predicted octanol–water partition coefficient (Wildman–Crippen LogP) is 4.30. The molecule has 0 saturated carbocycles. The summed E-state index contributed by atoms with van der Waals surface area (Å²) < 4.78 is 1.47. The van der Waals surface area contributed by atoms with Crippen LogP contribution in [-0.2, 0) is 4.79 Å². The number of nitrogens with zero attached hydrogens (tertiary/aromatic N) is 1. The Morgan fingerprint density at radius 2 is 2.37 bits per heavy atom. The molecule has 0 radical (unpaired) electrons. The minimum atomic E-state index is -0.709. The summed E-state index contributed by atoms with van der Waals surface area (Å²) in [5.74, 6) is -0.231. The zero-order chi connectivity index (χ0) is 14.0. The van der Waals surface area contributed by atoms with Crippen molar-refractivity contribution in [3.63, 3.8) is 0 Å². The molecule has 6 heteroatoms. The zero-order valence-electron chi connectivity index (χ0n) is 10.7. The monoisotopic (exact) mass is 321 g/mol. The van der Waals surface area contributed by atoms with Crippen molar-refractivity contribution in [2.24, 2.45) is 5.92 Å². The van der Waals surface area contributed by atoms with Gasteiger partial charge in [-0.2, -0.15) is 0 Å². The third-order valence-electron chi connectivity index (χ3n) is 3.76. The van der Waals surface area contributed by atoms with Gasteiger partial charge in [0.25, 0.3) is 0 Å². The number of hydrogen-bond acceptors (Lipinski definition) is 3. The van der Waals surface area contributed by atoms with Gasteiger partial charge in [0.05, 0.1) is 8.67 Å². The third-order valence-corrected chi connectivity index (χ3v) is 5.28. The number of thiophene rings is 1. The standard InChI is InChI=1S/C13H17Cl2NO2S/c1-8(10-6-11(14)19-13(10)15)16-5-4-9(7-16)2-3-12(17)18/h6,8-9H,2-5,7H2,1H3,(H,17,18). The van der Waals surface area contributed by atoms with Crippen LogP contribution in [0.25, 0.3) is 0 Å². The maximum atomic E-state index is 10.6. The van der Waals surface area contributed by atoms with Gasteiger partial charge in [-0.1, -0.05) is 23.2 Å². The summed E-state index contributed by atoms with van der Waals surface area (Å²) in [4.78, 5) is 13.0. The average molecular weight is 322 g/mol. The lowest BCUT2D eigenvalue weighted by molar-refractivity contribution is -0.137. The molecule has 1 aromatic rings. The predicted molar refractivity (Wildman–Crippen MR) is 79.3 cm³/mol. The molecule has 2 heterocycles. The van der Waals surface area contributed by atoms with Crippen LogP contribution >= 0.6 is 34.5 Å². The van der Waals surface area contributed by atoms with E-state index < -0.39 is 5.97 Å². The van der Waals surface area contributed by atoms with Gasteiger partial charge >= 0.3 is 5.97 Å². The Kier molecular flexibility index (Phi) is 5.12. The van der Waals surface area contributed by atoms with Crippen LogP contribution in [0.1, 0.15) is 37.8 Å². The minimum Gasteiger partial charge on any atom is -0.481 e. The molecule has 0 aliphatic carbocycles. The normalized spacial score (nSPS) is 21.7. The fourth-order valence-electron chi connectivity index (χ4n) is 2.61. The number of hydrogen-bond donors (Lipinski definition) is 1. The molecule has 2 rings (SSSR count). The Labute approximate surface area is 127 Å². The largest absolute Gasteiger partial charge is 0.481 e. The molecular weight excluding hydrogens is 305 g/mol. The third kappa shape index (κ3) is 3.85. The van der Waals surface area contributed by atoms with Crippen molar-refractivity contribution in [1.29, 1.82) is 0 Å². The number of carboxylic acid groups (broad SMARTS) is 1. The quantitative estimate of drug-likeness (QED) is 0.878. The zero-order valence-corrected chi connectivity index (χ0v) is 13.1. The van der Waals surface area contributed by atoms with E-state index in [0.29, 0.717) is 10.3 Å². The van der Waals surface area contributed by atoms with E-state index in [0.717, 1.165) is 35.8 Å². The molecular formula is C13H17Cl2NO2S. The van der Waals surface area contributed by atoms with Crippen LogP contribution in [0.3, 0.4) is 0 Å². The highest BCUT2D eigenvalue weighted by molar-refractivity contribution is 7.20. The van der Waals surface area contributed by atoms with E-state index in [1.54, 1.807) is 0 Å². The smallest absolute Gasteiger partial charge is 0.303 e. The van der Waals surface area contributed by atoms with Crippen LogP contribution in [0, 0.1) is 5.92 Å². The first-order valence-corrected chi connectivity index (χ1v) is 7.95. The van der Waals surface area contributed by atoms with Crippen LogP contribution in [-0.4, -0.2) is 29.1 Å². The van der Waals surface area contributed by atoms with E-state index in [2.05, 4.69) is 11.8 Å². The van der Waals surface area contributed by atoms with Crippen LogP contribution < -0.4 is 0 Å². The molecule has 1 aliphatic heterocycles. The van der Waals surface area contributed by atoms with Crippen molar-refractivity contribution in [3.05, 3.63) is 20.3 Å². The second-order valence-corrected chi connectivity index (χ2v) is 7.32. The molecule has 19 heavy (non-hydrogen) atoms. The highest BCUT2D eigenvalue weighted by atomic mass is 35.5. The van der Waals surface area contributed by atoms with E-state index >= 15 is 0 Å². The lowest BCUT2D eigenvalue weighted by Crippen LogP contribution is -2.24. The fourth-order valence-corrected chi connectivity index (χ4v) is 4.25. The first-order valence-electron chi connectivity index (χ1n) is 6.38. The molecule has 1 aliphatic rings. The molecule has 1 fully saturated rings. The van der Waals surface area contributed by atoms with Crippen LogP contribution in [0.4, 0.5) is 0 Å². The first-order chi connectivity index (χ1) is 8.97. The van der Waals surface area contributed by atoms with E-state index in [1.807, 2.05) is 6.07 Å². The van der Waals surface area contributed by atoms with Gasteiger partial charge in [-0.15, -0.1) is 11.3 Å². The average Bonchev–Trinajstić information content (AvgIpc) is 2.92. The van der Waals surface area contributed by atoms with Gasteiger partial charge in [-0.05, 0) is 38.3 Å². The molecule has 2 unspecified atom stereocenters. The summed E-state index contributed by atoms with van der Waals surface area (Å²) in [6, 6.07) is 2.18. The van der Waals surface area contributed by atoms with Crippen molar-refractivity contribution >= 4 is 40.5 Å². The molecule has 0 spiro atoms. The Bertz CT molecular complexity index is 463. The number of likely N-dealkylation sites (tertiary alicyclic amines) is 1. The van der Waals surface area contributed by atoms with E-state index in [9.17, 15) is 4.79 Å². The van der Waals surface area contributed by atoms with Gasteiger partial charge in [0, 0.05) is 24.6 Å². The van der Waals surface area contributed by atoms with Crippen molar-refractivity contribution < 1.29 is 9.90 Å². The van der Waals surface area contributed by atoms with Crippen LogP contribution in [0.5, 0.6) is 0 Å². The highest BCUT2D eigenvalue weighted by Crippen LogP contribution is 2.38. The van der Waals surface area contributed by atoms with Gasteiger partial charge in [-0.3, -0.25) is 9.69 Å². The van der Waals surface area contributed by atoms with Gasteiger partial charge < -0.3 is 5.11 Å². The highest BCUT2D eigenvalue weighted by Gasteiger charge is 2.28. The molecule has 106 valence electrons. The van der Waals surface area contributed by atoms with Crippen molar-refractivity contribution in [2.45, 2.75) is 32.2 Å². The second-order valence-electron chi connectivity index (χ2n) is 5.04. The first kappa shape index (κ1) is 15.1. The molecule has 1 saturated heterocycles. The summed E-state index contributed by atoms with van der Waals surface area (Å²) in [7, 11) is 0. The molecule has 0 bridgehead atoms.